The minimum atomic E-state index is 0.183. The Morgan fingerprint density at radius 3 is 2.63 bits per heavy atom. The third-order valence-electron chi connectivity index (χ3n) is 2.19. The minimum Gasteiger partial charge on any atom is -0.476 e. The fourth-order valence-corrected chi connectivity index (χ4v) is 1.81. The van der Waals surface area contributed by atoms with Crippen LogP contribution < -0.4 is 15.2 Å². The zero-order chi connectivity index (χ0) is 13.8. The van der Waals surface area contributed by atoms with Gasteiger partial charge in [0.2, 0.25) is 11.8 Å². The molecule has 0 radical (unpaired) electrons. The number of hydrogen-bond acceptors (Lipinski definition) is 5. The Morgan fingerprint density at radius 1 is 1.21 bits per heavy atom. The zero-order valence-corrected chi connectivity index (χ0v) is 11.6. The molecule has 2 N–H and O–H groups in total. The van der Waals surface area contributed by atoms with Crippen molar-refractivity contribution < 1.29 is 9.47 Å². The van der Waals surface area contributed by atoms with Crippen molar-refractivity contribution in [2.75, 3.05) is 12.3 Å². The summed E-state index contributed by atoms with van der Waals surface area (Å²) in [6, 6.07) is 4.86. The number of halogens is 2. The molecule has 19 heavy (non-hydrogen) atoms. The van der Waals surface area contributed by atoms with Crippen LogP contribution in [-0.2, 0) is 0 Å². The highest BCUT2D eigenvalue weighted by atomic mass is 35.5. The number of nitrogens with two attached hydrogens (primary N) is 1. The molecule has 1 aromatic carbocycles. The lowest BCUT2D eigenvalue weighted by Crippen LogP contribution is -2.03. The second-order valence-electron chi connectivity index (χ2n) is 3.51. The predicted molar refractivity (Wildman–Crippen MR) is 74.1 cm³/mol. The Hall–Kier alpha value is -1.72. The largest absolute Gasteiger partial charge is 0.476 e. The summed E-state index contributed by atoms with van der Waals surface area (Å²) in [5.74, 6) is 0.860. The molecular weight excluding hydrogens is 289 g/mol. The first kappa shape index (κ1) is 13.7. The van der Waals surface area contributed by atoms with E-state index in [4.69, 9.17) is 38.4 Å². The molecule has 0 unspecified atom stereocenters. The predicted octanol–water partition coefficient (Wildman–Crippen LogP) is 3.56. The molecule has 0 aliphatic carbocycles. The normalized spacial score (nSPS) is 10.3. The van der Waals surface area contributed by atoms with Crippen molar-refractivity contribution in [3.8, 4) is 17.5 Å². The number of anilines is 1. The topological polar surface area (TPSA) is 70.3 Å². The van der Waals surface area contributed by atoms with Gasteiger partial charge in [0.1, 0.15) is 12.1 Å². The van der Waals surface area contributed by atoms with E-state index < -0.39 is 0 Å². The van der Waals surface area contributed by atoms with Crippen molar-refractivity contribution in [3.63, 3.8) is 0 Å². The summed E-state index contributed by atoms with van der Waals surface area (Å²) in [6.45, 7) is 2.28. The van der Waals surface area contributed by atoms with Crippen LogP contribution in [0.2, 0.25) is 10.0 Å². The van der Waals surface area contributed by atoms with Gasteiger partial charge in [0.15, 0.2) is 5.69 Å². The smallest absolute Gasteiger partial charge is 0.249 e. The summed E-state index contributed by atoms with van der Waals surface area (Å²) in [5, 5.41) is 0.881. The Kier molecular flexibility index (Phi) is 4.29. The fourth-order valence-electron chi connectivity index (χ4n) is 1.36. The van der Waals surface area contributed by atoms with Gasteiger partial charge in [-0.15, -0.1) is 0 Å². The molecule has 0 saturated carbocycles. The molecule has 0 aliphatic heterocycles. The van der Waals surface area contributed by atoms with Gasteiger partial charge >= 0.3 is 0 Å². The first-order chi connectivity index (χ1) is 9.11. The first-order valence-corrected chi connectivity index (χ1v) is 6.23. The molecule has 2 rings (SSSR count). The second-order valence-corrected chi connectivity index (χ2v) is 4.35. The summed E-state index contributed by atoms with van der Waals surface area (Å²) in [5.41, 5.74) is 6.07. The molecule has 5 nitrogen and oxygen atoms in total. The average molecular weight is 300 g/mol. The van der Waals surface area contributed by atoms with E-state index in [9.17, 15) is 0 Å². The van der Waals surface area contributed by atoms with Crippen LogP contribution in [0.3, 0.4) is 0 Å². The van der Waals surface area contributed by atoms with Crippen molar-refractivity contribution in [2.45, 2.75) is 6.92 Å². The fraction of sp³-hybridized carbons (Fsp3) is 0.167. The van der Waals surface area contributed by atoms with Gasteiger partial charge in [-0.1, -0.05) is 23.2 Å². The van der Waals surface area contributed by atoms with Gasteiger partial charge in [-0.05, 0) is 25.1 Å². The molecule has 2 aromatic rings. The lowest BCUT2D eigenvalue weighted by molar-refractivity contribution is 0.325. The van der Waals surface area contributed by atoms with E-state index in [2.05, 4.69) is 9.97 Å². The van der Waals surface area contributed by atoms with Crippen LogP contribution in [0.1, 0.15) is 6.92 Å². The molecule has 0 amide bonds. The highest BCUT2D eigenvalue weighted by Gasteiger charge is 2.12. The molecule has 0 atom stereocenters. The number of nitrogens with zero attached hydrogens (tertiary/aromatic N) is 2. The number of nitrogen functional groups attached to an aromatic ring is 1. The minimum absolute atomic E-state index is 0.183. The number of benzene rings is 1. The van der Waals surface area contributed by atoms with E-state index in [-0.39, 0.29) is 17.4 Å². The van der Waals surface area contributed by atoms with Crippen molar-refractivity contribution in [1.29, 1.82) is 0 Å². The van der Waals surface area contributed by atoms with Crippen molar-refractivity contribution in [1.82, 2.24) is 9.97 Å². The van der Waals surface area contributed by atoms with Gasteiger partial charge in [0.25, 0.3) is 0 Å². The van der Waals surface area contributed by atoms with Crippen LogP contribution in [0.4, 0.5) is 5.69 Å². The lowest BCUT2D eigenvalue weighted by Gasteiger charge is -2.11. The van der Waals surface area contributed by atoms with E-state index in [1.165, 1.54) is 6.33 Å². The third-order valence-corrected chi connectivity index (χ3v) is 2.72. The van der Waals surface area contributed by atoms with Crippen LogP contribution in [0.25, 0.3) is 0 Å². The molecule has 1 heterocycles. The maximum absolute atomic E-state index is 6.01. The van der Waals surface area contributed by atoms with Gasteiger partial charge in [-0.25, -0.2) is 0 Å². The Labute approximate surface area is 120 Å². The summed E-state index contributed by atoms with van der Waals surface area (Å²) >= 11 is 11.8. The Balaban J connectivity index is 2.30. The number of aromatic nitrogens is 2. The summed E-state index contributed by atoms with van der Waals surface area (Å²) in [4.78, 5) is 7.86. The molecule has 7 heteroatoms. The van der Waals surface area contributed by atoms with Crippen LogP contribution in [0.15, 0.2) is 24.5 Å². The van der Waals surface area contributed by atoms with Crippen LogP contribution in [0.5, 0.6) is 17.5 Å². The maximum atomic E-state index is 6.01. The molecule has 0 saturated heterocycles. The van der Waals surface area contributed by atoms with Crippen LogP contribution in [0, 0.1) is 0 Å². The number of rotatable bonds is 4. The molecule has 0 fully saturated rings. The lowest BCUT2D eigenvalue weighted by atomic mass is 10.3. The van der Waals surface area contributed by atoms with Crippen LogP contribution in [-0.4, -0.2) is 16.6 Å². The van der Waals surface area contributed by atoms with Gasteiger partial charge in [-0.3, -0.25) is 0 Å². The monoisotopic (exact) mass is 299 g/mol. The van der Waals surface area contributed by atoms with Crippen molar-refractivity contribution in [3.05, 3.63) is 34.6 Å². The van der Waals surface area contributed by atoms with Gasteiger partial charge in [0.05, 0.1) is 11.6 Å². The van der Waals surface area contributed by atoms with E-state index in [0.29, 0.717) is 22.4 Å². The number of hydrogen-bond donors (Lipinski definition) is 1. The summed E-state index contributed by atoms with van der Waals surface area (Å²) in [6.07, 6.45) is 1.31. The summed E-state index contributed by atoms with van der Waals surface area (Å²) in [7, 11) is 0. The zero-order valence-electron chi connectivity index (χ0n) is 10.1. The van der Waals surface area contributed by atoms with Gasteiger partial charge < -0.3 is 15.2 Å². The molecular formula is C12H11Cl2N3O2. The van der Waals surface area contributed by atoms with E-state index >= 15 is 0 Å². The Bertz CT molecular complexity index is 593. The molecule has 0 bridgehead atoms. The summed E-state index contributed by atoms with van der Waals surface area (Å²) < 4.78 is 10.8. The first-order valence-electron chi connectivity index (χ1n) is 5.48. The maximum Gasteiger partial charge on any atom is 0.249 e. The van der Waals surface area contributed by atoms with E-state index in [1.807, 2.05) is 6.92 Å². The van der Waals surface area contributed by atoms with E-state index in [0.717, 1.165) is 0 Å². The molecule has 0 aliphatic rings. The van der Waals surface area contributed by atoms with E-state index in [1.54, 1.807) is 18.2 Å². The average Bonchev–Trinajstić information content (AvgIpc) is 2.37. The van der Waals surface area contributed by atoms with Gasteiger partial charge in [-0.2, -0.15) is 9.97 Å². The quantitative estimate of drug-likeness (QED) is 0.935. The molecule has 0 spiro atoms. The molecule has 100 valence electrons. The SMILES string of the molecule is CCOc1ncnc(Oc2ccc(Cl)cc2Cl)c1N. The number of ether oxygens (including phenoxy) is 2. The highest BCUT2D eigenvalue weighted by molar-refractivity contribution is 6.35. The van der Waals surface area contributed by atoms with Crippen molar-refractivity contribution in [2.24, 2.45) is 0 Å². The highest BCUT2D eigenvalue weighted by Crippen LogP contribution is 2.35. The third kappa shape index (κ3) is 3.19. The second kappa shape index (κ2) is 5.95. The van der Waals surface area contributed by atoms with Crippen LogP contribution >= 0.6 is 23.2 Å². The standard InChI is InChI=1S/C12H11Cl2N3O2/c1-2-18-11-10(15)12(17-6-16-11)19-9-4-3-7(13)5-8(9)14/h3-6H,2,15H2,1H3. The molecule has 1 aromatic heterocycles. The van der Waals surface area contributed by atoms with Gasteiger partial charge in [0, 0.05) is 5.02 Å². The van der Waals surface area contributed by atoms with Crippen molar-refractivity contribution >= 4 is 28.9 Å². The Morgan fingerprint density at radius 2 is 1.95 bits per heavy atom.